The quantitative estimate of drug-likeness (QED) is 0.731. The number of hydrogen-bond donors (Lipinski definition) is 1. The zero-order chi connectivity index (χ0) is 17.6. The highest BCUT2D eigenvalue weighted by Crippen LogP contribution is 2.49. The van der Waals surface area contributed by atoms with Gasteiger partial charge in [-0.3, -0.25) is 0 Å². The van der Waals surface area contributed by atoms with Crippen molar-refractivity contribution in [3.8, 4) is 5.75 Å². The summed E-state index contributed by atoms with van der Waals surface area (Å²) in [4.78, 5) is 2.40. The molecule has 0 spiro atoms. The smallest absolute Gasteiger partial charge is 0.125 e. The Balaban J connectivity index is 2.43. The van der Waals surface area contributed by atoms with Gasteiger partial charge in [0.2, 0.25) is 0 Å². The molecule has 0 fully saturated rings. The Morgan fingerprint density at radius 1 is 1.12 bits per heavy atom. The van der Waals surface area contributed by atoms with E-state index in [4.69, 9.17) is 11.6 Å². The lowest BCUT2D eigenvalue weighted by Gasteiger charge is -2.35. The molecule has 0 saturated carbocycles. The third-order valence-corrected chi connectivity index (χ3v) is 5.69. The fourth-order valence-corrected chi connectivity index (χ4v) is 4.35. The monoisotopic (exact) mass is 345 g/mol. The molecule has 0 radical (unpaired) electrons. The van der Waals surface area contributed by atoms with Crippen molar-refractivity contribution in [2.75, 3.05) is 17.3 Å². The molecular formula is C21H28ClNO. The Kier molecular flexibility index (Phi) is 4.46. The highest BCUT2D eigenvalue weighted by Gasteiger charge is 2.37. The van der Waals surface area contributed by atoms with Crippen LogP contribution in [0.4, 0.5) is 5.69 Å². The SMILES string of the molecule is CCc1ccc(CC)c2c3c(cc(O)c12)N(C(C)(C)C)CC3CCl. The Bertz CT molecular complexity index is 776. The van der Waals surface area contributed by atoms with E-state index in [0.717, 1.165) is 30.5 Å². The van der Waals surface area contributed by atoms with Gasteiger partial charge in [-0.1, -0.05) is 26.0 Å². The van der Waals surface area contributed by atoms with Crippen molar-refractivity contribution in [1.29, 1.82) is 0 Å². The van der Waals surface area contributed by atoms with Gasteiger partial charge in [0.05, 0.1) is 0 Å². The molecule has 0 aliphatic carbocycles. The van der Waals surface area contributed by atoms with Crippen LogP contribution in [-0.4, -0.2) is 23.1 Å². The number of halogens is 1. The van der Waals surface area contributed by atoms with E-state index in [1.807, 2.05) is 6.07 Å². The molecule has 1 aliphatic rings. The van der Waals surface area contributed by atoms with Crippen LogP contribution in [0.5, 0.6) is 5.75 Å². The van der Waals surface area contributed by atoms with Crippen molar-refractivity contribution < 1.29 is 5.11 Å². The summed E-state index contributed by atoms with van der Waals surface area (Å²) >= 11 is 6.37. The van der Waals surface area contributed by atoms with Crippen LogP contribution >= 0.6 is 11.6 Å². The number of phenols is 1. The maximum Gasteiger partial charge on any atom is 0.125 e. The first-order valence-corrected chi connectivity index (χ1v) is 9.50. The fraction of sp³-hybridized carbons (Fsp3) is 0.524. The lowest BCUT2D eigenvalue weighted by atomic mass is 9.88. The first-order chi connectivity index (χ1) is 11.3. The molecule has 3 heteroatoms. The second-order valence-corrected chi connectivity index (χ2v) is 8.11. The molecule has 24 heavy (non-hydrogen) atoms. The number of benzene rings is 2. The Morgan fingerprint density at radius 3 is 2.21 bits per heavy atom. The number of fused-ring (bicyclic) bond motifs is 3. The van der Waals surface area contributed by atoms with Crippen LogP contribution in [0.1, 0.15) is 57.2 Å². The maximum absolute atomic E-state index is 10.9. The number of phenolic OH excluding ortho intramolecular Hbond substituents is 1. The minimum Gasteiger partial charge on any atom is -0.507 e. The van der Waals surface area contributed by atoms with Crippen LogP contribution in [-0.2, 0) is 12.8 Å². The predicted octanol–water partition coefficient (Wildman–Crippen LogP) is 5.61. The lowest BCUT2D eigenvalue weighted by molar-refractivity contribution is 0.479. The zero-order valence-corrected chi connectivity index (χ0v) is 16.2. The summed E-state index contributed by atoms with van der Waals surface area (Å²) in [6.07, 6.45) is 1.88. The van der Waals surface area contributed by atoms with Crippen molar-refractivity contribution in [3.63, 3.8) is 0 Å². The summed E-state index contributed by atoms with van der Waals surface area (Å²) in [5.74, 6) is 1.32. The number of aryl methyl sites for hydroxylation is 2. The van der Waals surface area contributed by atoms with Gasteiger partial charge in [0.15, 0.2) is 0 Å². The summed E-state index contributed by atoms with van der Waals surface area (Å²) in [6.45, 7) is 11.9. The number of hydrogen-bond acceptors (Lipinski definition) is 2. The molecule has 1 atom stereocenters. The average molecular weight is 346 g/mol. The minimum atomic E-state index is 0.00439. The van der Waals surface area contributed by atoms with Crippen LogP contribution in [0.3, 0.4) is 0 Å². The Labute approximate surface area is 150 Å². The van der Waals surface area contributed by atoms with Crippen LogP contribution in [0.2, 0.25) is 0 Å². The van der Waals surface area contributed by atoms with E-state index >= 15 is 0 Å². The summed E-state index contributed by atoms with van der Waals surface area (Å²) in [5, 5.41) is 13.1. The molecule has 1 unspecified atom stereocenters. The molecule has 130 valence electrons. The number of alkyl halides is 1. The van der Waals surface area contributed by atoms with Crippen molar-refractivity contribution >= 4 is 28.1 Å². The molecule has 2 aromatic rings. The van der Waals surface area contributed by atoms with Gasteiger partial charge in [-0.05, 0) is 55.7 Å². The molecular weight excluding hydrogens is 318 g/mol. The van der Waals surface area contributed by atoms with E-state index < -0.39 is 0 Å². The predicted molar refractivity (Wildman–Crippen MR) is 105 cm³/mol. The molecule has 1 aliphatic heterocycles. The third kappa shape index (κ3) is 2.56. The van der Waals surface area contributed by atoms with Gasteiger partial charge in [0.25, 0.3) is 0 Å². The largest absolute Gasteiger partial charge is 0.507 e. The minimum absolute atomic E-state index is 0.00439. The van der Waals surface area contributed by atoms with Gasteiger partial charge in [-0.2, -0.15) is 0 Å². The van der Waals surface area contributed by atoms with Gasteiger partial charge in [0, 0.05) is 41.0 Å². The molecule has 0 saturated heterocycles. The van der Waals surface area contributed by atoms with Gasteiger partial charge in [-0.25, -0.2) is 0 Å². The molecule has 0 aromatic heterocycles. The van der Waals surface area contributed by atoms with Crippen molar-refractivity contribution in [1.82, 2.24) is 0 Å². The Morgan fingerprint density at radius 2 is 1.71 bits per heavy atom. The third-order valence-electron chi connectivity index (χ3n) is 5.31. The second-order valence-electron chi connectivity index (χ2n) is 7.80. The molecule has 3 rings (SSSR count). The van der Waals surface area contributed by atoms with E-state index in [9.17, 15) is 5.11 Å². The molecule has 1 heterocycles. The maximum atomic E-state index is 10.9. The summed E-state index contributed by atoms with van der Waals surface area (Å²) < 4.78 is 0. The van der Waals surface area contributed by atoms with Crippen molar-refractivity contribution in [2.45, 2.75) is 58.9 Å². The van der Waals surface area contributed by atoms with E-state index in [0.29, 0.717) is 17.5 Å². The average Bonchev–Trinajstić information content (AvgIpc) is 2.92. The normalized spacial score (nSPS) is 17.6. The molecule has 1 N–H and O–H groups in total. The fourth-order valence-electron chi connectivity index (χ4n) is 4.09. The molecule has 2 nitrogen and oxygen atoms in total. The molecule has 2 aromatic carbocycles. The van der Waals surface area contributed by atoms with Gasteiger partial charge in [0.1, 0.15) is 5.75 Å². The van der Waals surface area contributed by atoms with Crippen molar-refractivity contribution in [3.05, 3.63) is 34.9 Å². The first-order valence-electron chi connectivity index (χ1n) is 8.97. The van der Waals surface area contributed by atoms with E-state index in [1.54, 1.807) is 0 Å². The molecule has 0 bridgehead atoms. The zero-order valence-electron chi connectivity index (χ0n) is 15.4. The summed E-state index contributed by atoms with van der Waals surface area (Å²) in [5.41, 5.74) is 5.01. The van der Waals surface area contributed by atoms with Crippen LogP contribution in [0, 0.1) is 0 Å². The highest BCUT2D eigenvalue weighted by molar-refractivity contribution is 6.19. The van der Waals surface area contributed by atoms with Gasteiger partial charge >= 0.3 is 0 Å². The molecule has 0 amide bonds. The second kappa shape index (κ2) is 6.15. The number of anilines is 1. The van der Waals surface area contributed by atoms with Crippen LogP contribution in [0.15, 0.2) is 18.2 Å². The van der Waals surface area contributed by atoms with E-state index in [1.165, 1.54) is 22.1 Å². The van der Waals surface area contributed by atoms with E-state index in [-0.39, 0.29) is 5.54 Å². The Hall–Kier alpha value is -1.41. The number of aromatic hydroxyl groups is 1. The van der Waals surface area contributed by atoms with Crippen LogP contribution in [0.25, 0.3) is 10.8 Å². The van der Waals surface area contributed by atoms with Gasteiger partial charge in [-0.15, -0.1) is 11.6 Å². The highest BCUT2D eigenvalue weighted by atomic mass is 35.5. The lowest BCUT2D eigenvalue weighted by Crippen LogP contribution is -2.40. The first kappa shape index (κ1) is 17.4. The van der Waals surface area contributed by atoms with E-state index in [2.05, 4.69) is 51.7 Å². The summed E-state index contributed by atoms with van der Waals surface area (Å²) in [6, 6.07) is 6.36. The van der Waals surface area contributed by atoms with Crippen LogP contribution < -0.4 is 4.90 Å². The number of nitrogens with zero attached hydrogens (tertiary/aromatic N) is 1. The number of rotatable bonds is 3. The topological polar surface area (TPSA) is 23.5 Å². The van der Waals surface area contributed by atoms with Crippen molar-refractivity contribution in [2.24, 2.45) is 0 Å². The standard InChI is InChI=1S/C21H28ClNO/c1-6-13-8-9-14(7-2)20-18-15(11-22)12-23(21(3,4)5)16(18)10-17(24)19(13)20/h8-10,15,24H,6-7,11-12H2,1-5H3. The van der Waals surface area contributed by atoms with Gasteiger partial charge < -0.3 is 10.0 Å². The summed E-state index contributed by atoms with van der Waals surface area (Å²) in [7, 11) is 0.